The summed E-state index contributed by atoms with van der Waals surface area (Å²) >= 11 is 0. The van der Waals surface area contributed by atoms with Crippen molar-refractivity contribution in [1.82, 2.24) is 0 Å². The summed E-state index contributed by atoms with van der Waals surface area (Å²) in [5, 5.41) is 0. The monoisotopic (exact) mass is 212 g/mol. The molecule has 76 valence electrons. The van der Waals surface area contributed by atoms with Gasteiger partial charge >= 0.3 is 0 Å². The van der Waals surface area contributed by atoms with Gasteiger partial charge < -0.3 is 0 Å². The molecular weight excluding hydrogens is 196 g/mol. The maximum Gasteiger partial charge on any atom is 0.201 e. The summed E-state index contributed by atoms with van der Waals surface area (Å²) in [6, 6.07) is 9.53. The predicted molar refractivity (Wildman–Crippen MR) is 69.1 cm³/mol. The standard InChI is InChI=1S/C14H16Si/c1-4-15(5-2)12-8-11-14-10-7-6-9-13(14)3/h1-2,6-7,9-10,15H,8,11-12H2,3H3. The summed E-state index contributed by atoms with van der Waals surface area (Å²) in [6.45, 7) is 2.15. The van der Waals surface area contributed by atoms with Crippen LogP contribution in [0.1, 0.15) is 17.5 Å². The Balaban J connectivity index is 2.43. The van der Waals surface area contributed by atoms with E-state index in [1.54, 1.807) is 0 Å². The topological polar surface area (TPSA) is 0 Å². The van der Waals surface area contributed by atoms with Crippen LogP contribution in [0, 0.1) is 30.9 Å². The Morgan fingerprint density at radius 3 is 2.47 bits per heavy atom. The molecule has 0 radical (unpaired) electrons. The van der Waals surface area contributed by atoms with E-state index in [1.165, 1.54) is 11.1 Å². The van der Waals surface area contributed by atoms with Crippen LogP contribution in [-0.2, 0) is 6.42 Å². The number of benzene rings is 1. The van der Waals surface area contributed by atoms with E-state index in [0.29, 0.717) is 0 Å². The molecule has 0 saturated carbocycles. The normalized spacial score (nSPS) is 9.60. The lowest BCUT2D eigenvalue weighted by Crippen LogP contribution is -2.06. The van der Waals surface area contributed by atoms with Crippen LogP contribution in [-0.4, -0.2) is 8.80 Å². The van der Waals surface area contributed by atoms with E-state index < -0.39 is 8.80 Å². The molecule has 0 heterocycles. The third-order valence-corrected chi connectivity index (χ3v) is 4.39. The first-order valence-corrected chi connectivity index (χ1v) is 7.22. The first-order chi connectivity index (χ1) is 7.27. The van der Waals surface area contributed by atoms with Gasteiger partial charge in [-0.05, 0) is 30.5 Å². The molecule has 0 aromatic heterocycles. The summed E-state index contributed by atoms with van der Waals surface area (Å²) in [7, 11) is -1.29. The van der Waals surface area contributed by atoms with Crippen LogP contribution in [0.3, 0.4) is 0 Å². The van der Waals surface area contributed by atoms with Crippen LogP contribution in [0.4, 0.5) is 0 Å². The minimum atomic E-state index is -1.29. The molecule has 1 aromatic carbocycles. The van der Waals surface area contributed by atoms with Crippen molar-refractivity contribution < 1.29 is 0 Å². The van der Waals surface area contributed by atoms with E-state index in [0.717, 1.165) is 18.9 Å². The fourth-order valence-corrected chi connectivity index (χ4v) is 2.64. The van der Waals surface area contributed by atoms with Gasteiger partial charge in [-0.15, -0.1) is 23.9 Å². The lowest BCUT2D eigenvalue weighted by atomic mass is 10.1. The van der Waals surface area contributed by atoms with Gasteiger partial charge in [0.05, 0.1) is 0 Å². The Morgan fingerprint density at radius 1 is 1.20 bits per heavy atom. The van der Waals surface area contributed by atoms with Crippen LogP contribution < -0.4 is 0 Å². The number of hydrogen-bond acceptors (Lipinski definition) is 0. The van der Waals surface area contributed by atoms with E-state index in [9.17, 15) is 0 Å². The number of hydrogen-bond donors (Lipinski definition) is 0. The third-order valence-electron chi connectivity index (χ3n) is 2.60. The molecule has 0 aliphatic heterocycles. The molecule has 0 saturated heterocycles. The highest BCUT2D eigenvalue weighted by atomic mass is 28.3. The molecule has 0 N–H and O–H groups in total. The van der Waals surface area contributed by atoms with Crippen molar-refractivity contribution in [1.29, 1.82) is 0 Å². The van der Waals surface area contributed by atoms with Crippen molar-refractivity contribution in [2.45, 2.75) is 25.8 Å². The van der Waals surface area contributed by atoms with E-state index in [1.807, 2.05) is 0 Å². The van der Waals surface area contributed by atoms with Crippen molar-refractivity contribution in [3.05, 3.63) is 35.4 Å². The average Bonchev–Trinajstić information content (AvgIpc) is 2.27. The zero-order valence-corrected chi connectivity index (χ0v) is 10.3. The average molecular weight is 212 g/mol. The molecule has 0 nitrogen and oxygen atoms in total. The van der Waals surface area contributed by atoms with Gasteiger partial charge in [0, 0.05) is 0 Å². The maximum absolute atomic E-state index is 5.36. The molecule has 0 amide bonds. The lowest BCUT2D eigenvalue weighted by molar-refractivity contribution is 0.905. The van der Waals surface area contributed by atoms with Crippen LogP contribution in [0.2, 0.25) is 6.04 Å². The van der Waals surface area contributed by atoms with Gasteiger partial charge in [0.2, 0.25) is 8.80 Å². The van der Waals surface area contributed by atoms with Crippen LogP contribution in [0.15, 0.2) is 24.3 Å². The second-order valence-corrected chi connectivity index (χ2v) is 6.05. The van der Waals surface area contributed by atoms with Gasteiger partial charge in [-0.1, -0.05) is 30.7 Å². The minimum absolute atomic E-state index is 1.06. The number of rotatable bonds is 4. The zero-order valence-electron chi connectivity index (χ0n) is 9.16. The Labute approximate surface area is 94.3 Å². The van der Waals surface area contributed by atoms with Gasteiger partial charge in [0.15, 0.2) is 0 Å². The van der Waals surface area contributed by atoms with Gasteiger partial charge in [0.25, 0.3) is 0 Å². The molecule has 0 bridgehead atoms. The highest BCUT2D eigenvalue weighted by molar-refractivity contribution is 6.75. The molecule has 1 heteroatoms. The Hall–Kier alpha value is -1.44. The first-order valence-electron chi connectivity index (χ1n) is 5.24. The van der Waals surface area contributed by atoms with E-state index in [2.05, 4.69) is 42.3 Å². The molecule has 0 fully saturated rings. The lowest BCUT2D eigenvalue weighted by Gasteiger charge is -2.05. The smallest absolute Gasteiger partial charge is 0.126 e. The first kappa shape index (κ1) is 11.6. The summed E-state index contributed by atoms with van der Waals surface area (Å²) in [5.74, 6) is 0. The van der Waals surface area contributed by atoms with Crippen molar-refractivity contribution >= 4 is 8.80 Å². The van der Waals surface area contributed by atoms with Gasteiger partial charge in [0.1, 0.15) is 0 Å². The van der Waals surface area contributed by atoms with Crippen molar-refractivity contribution in [3.8, 4) is 23.9 Å². The highest BCUT2D eigenvalue weighted by Crippen LogP contribution is 2.11. The quantitative estimate of drug-likeness (QED) is 0.531. The maximum atomic E-state index is 5.36. The third kappa shape index (κ3) is 3.66. The molecule has 0 spiro atoms. The van der Waals surface area contributed by atoms with E-state index in [-0.39, 0.29) is 0 Å². The van der Waals surface area contributed by atoms with Gasteiger partial charge in [-0.25, -0.2) is 0 Å². The summed E-state index contributed by atoms with van der Waals surface area (Å²) in [5.41, 5.74) is 8.29. The molecule has 1 rings (SSSR count). The van der Waals surface area contributed by atoms with Crippen molar-refractivity contribution in [2.24, 2.45) is 0 Å². The summed E-state index contributed by atoms with van der Waals surface area (Å²) < 4.78 is 0. The summed E-state index contributed by atoms with van der Waals surface area (Å²) in [6.07, 6.45) is 12.9. The highest BCUT2D eigenvalue weighted by Gasteiger charge is 2.03. The zero-order chi connectivity index (χ0) is 11.1. The molecular formula is C14H16Si. The second-order valence-electron chi connectivity index (χ2n) is 3.70. The number of aryl methyl sites for hydroxylation is 2. The Kier molecular flexibility index (Phi) is 4.74. The van der Waals surface area contributed by atoms with Crippen molar-refractivity contribution in [3.63, 3.8) is 0 Å². The fraction of sp³-hybridized carbons (Fsp3) is 0.286. The molecule has 0 aliphatic carbocycles. The van der Waals surface area contributed by atoms with E-state index >= 15 is 0 Å². The van der Waals surface area contributed by atoms with Gasteiger partial charge in [-0.2, -0.15) is 0 Å². The minimum Gasteiger partial charge on any atom is -0.126 e. The van der Waals surface area contributed by atoms with Crippen molar-refractivity contribution in [2.75, 3.05) is 0 Å². The Bertz CT molecular complexity index is 379. The molecule has 0 unspecified atom stereocenters. The summed E-state index contributed by atoms with van der Waals surface area (Å²) in [4.78, 5) is 0. The van der Waals surface area contributed by atoms with Gasteiger partial charge in [-0.3, -0.25) is 0 Å². The SMILES string of the molecule is C#C[SiH](C#C)CCCc1ccccc1C. The predicted octanol–water partition coefficient (Wildman–Crippen LogP) is 2.50. The van der Waals surface area contributed by atoms with Crippen LogP contribution >= 0.6 is 0 Å². The van der Waals surface area contributed by atoms with E-state index in [4.69, 9.17) is 12.8 Å². The Morgan fingerprint density at radius 2 is 1.87 bits per heavy atom. The fourth-order valence-electron chi connectivity index (χ4n) is 1.60. The van der Waals surface area contributed by atoms with Crippen LogP contribution in [0.25, 0.3) is 0 Å². The molecule has 15 heavy (non-hydrogen) atoms. The van der Waals surface area contributed by atoms with Crippen LogP contribution in [0.5, 0.6) is 0 Å². The largest absolute Gasteiger partial charge is 0.201 e. The molecule has 0 aliphatic rings. The molecule has 0 atom stereocenters. The second kappa shape index (κ2) is 6.12. The number of terminal acetylenes is 2. The molecule has 1 aromatic rings.